The molecule has 0 atom stereocenters. The summed E-state index contributed by atoms with van der Waals surface area (Å²) in [6.07, 6.45) is 0. The molecule has 29 heavy (non-hydrogen) atoms. The fourth-order valence-electron chi connectivity index (χ4n) is 3.81. The summed E-state index contributed by atoms with van der Waals surface area (Å²) < 4.78 is 12.4. The first-order valence-electron chi connectivity index (χ1n) is 9.47. The highest BCUT2D eigenvalue weighted by Crippen LogP contribution is 2.37. The monoisotopic (exact) mass is 444 g/mol. The third-order valence-corrected chi connectivity index (χ3v) is 5.64. The smallest absolute Gasteiger partial charge is 0.338 e. The van der Waals surface area contributed by atoms with Crippen LogP contribution in [0.5, 0.6) is 0 Å². The number of ether oxygens (including phenoxy) is 1. The molecule has 142 valence electrons. The van der Waals surface area contributed by atoms with Crippen LogP contribution in [0.2, 0.25) is 0 Å². The van der Waals surface area contributed by atoms with Gasteiger partial charge in [0.25, 0.3) is 0 Å². The summed E-state index contributed by atoms with van der Waals surface area (Å²) in [5.74, 6) is -0.328. The maximum Gasteiger partial charge on any atom is 0.338 e. The minimum atomic E-state index is -0.328. The lowest BCUT2D eigenvalue weighted by Gasteiger charge is -2.10. The van der Waals surface area contributed by atoms with E-state index in [0.717, 1.165) is 48.3 Å². The Morgan fingerprint density at radius 3 is 2.62 bits per heavy atom. The molecular weight excluding hydrogens is 428 g/mol. The molecule has 0 aliphatic heterocycles. The first-order chi connectivity index (χ1) is 14.2. The number of benzene rings is 4. The van der Waals surface area contributed by atoms with Crippen LogP contribution in [0.3, 0.4) is 0 Å². The van der Waals surface area contributed by atoms with Gasteiger partial charge < -0.3 is 9.15 Å². The Kier molecular flexibility index (Phi) is 4.36. The average molecular weight is 445 g/mol. The second-order valence-electron chi connectivity index (χ2n) is 6.89. The van der Waals surface area contributed by atoms with Gasteiger partial charge in [-0.05, 0) is 59.8 Å². The average Bonchev–Trinajstić information content (AvgIpc) is 3.12. The van der Waals surface area contributed by atoms with Crippen LogP contribution in [0.1, 0.15) is 17.3 Å². The van der Waals surface area contributed by atoms with Gasteiger partial charge in [-0.15, -0.1) is 0 Å². The second-order valence-corrected chi connectivity index (χ2v) is 7.80. The Morgan fingerprint density at radius 1 is 0.931 bits per heavy atom. The summed E-state index contributed by atoms with van der Waals surface area (Å²) in [5, 5.41) is 4.39. The second kappa shape index (κ2) is 7.05. The zero-order valence-electron chi connectivity index (χ0n) is 15.7. The van der Waals surface area contributed by atoms with Crippen molar-refractivity contribution in [2.24, 2.45) is 0 Å². The van der Waals surface area contributed by atoms with Crippen molar-refractivity contribution in [3.05, 3.63) is 82.8 Å². The van der Waals surface area contributed by atoms with Crippen LogP contribution < -0.4 is 0 Å². The predicted molar refractivity (Wildman–Crippen MR) is 120 cm³/mol. The van der Waals surface area contributed by atoms with Crippen molar-refractivity contribution >= 4 is 54.6 Å². The van der Waals surface area contributed by atoms with Crippen molar-refractivity contribution in [3.63, 3.8) is 0 Å². The van der Waals surface area contributed by atoms with E-state index in [4.69, 9.17) is 9.15 Å². The normalized spacial score (nSPS) is 11.4. The van der Waals surface area contributed by atoms with E-state index < -0.39 is 0 Å². The number of carbonyl (C=O) groups excluding carboxylic acids is 1. The first-order valence-corrected chi connectivity index (χ1v) is 10.3. The molecule has 0 saturated heterocycles. The number of halogens is 1. The molecule has 0 bridgehead atoms. The maximum absolute atomic E-state index is 12.4. The van der Waals surface area contributed by atoms with Crippen molar-refractivity contribution < 1.29 is 13.9 Å². The van der Waals surface area contributed by atoms with Gasteiger partial charge in [0.1, 0.15) is 11.2 Å². The van der Waals surface area contributed by atoms with Gasteiger partial charge in [-0.2, -0.15) is 0 Å². The van der Waals surface area contributed by atoms with Crippen molar-refractivity contribution in [1.82, 2.24) is 0 Å². The molecule has 0 amide bonds. The number of hydrogen-bond acceptors (Lipinski definition) is 3. The maximum atomic E-state index is 12.4. The quantitative estimate of drug-likeness (QED) is 0.273. The van der Waals surface area contributed by atoms with Gasteiger partial charge in [0, 0.05) is 20.6 Å². The van der Waals surface area contributed by atoms with Gasteiger partial charge in [0.15, 0.2) is 0 Å². The number of esters is 1. The Bertz CT molecular complexity index is 1400. The minimum absolute atomic E-state index is 0.328. The fraction of sp³-hybridized carbons (Fsp3) is 0.0800. The third kappa shape index (κ3) is 3.00. The summed E-state index contributed by atoms with van der Waals surface area (Å²) >= 11 is 3.51. The highest BCUT2D eigenvalue weighted by molar-refractivity contribution is 9.10. The lowest BCUT2D eigenvalue weighted by atomic mass is 9.98. The predicted octanol–water partition coefficient (Wildman–Crippen LogP) is 7.35. The van der Waals surface area contributed by atoms with E-state index in [2.05, 4.69) is 46.3 Å². The van der Waals surface area contributed by atoms with Crippen LogP contribution in [0, 0.1) is 0 Å². The van der Waals surface area contributed by atoms with E-state index in [1.807, 2.05) is 36.4 Å². The third-order valence-electron chi connectivity index (χ3n) is 5.15. The number of fused-ring (bicyclic) bond motifs is 5. The molecule has 0 saturated carbocycles. The Balaban J connectivity index is 1.73. The number of rotatable bonds is 3. The topological polar surface area (TPSA) is 39.4 Å². The molecule has 1 aromatic heterocycles. The van der Waals surface area contributed by atoms with E-state index in [1.165, 1.54) is 0 Å². The Morgan fingerprint density at radius 2 is 1.76 bits per heavy atom. The highest BCUT2D eigenvalue weighted by atomic mass is 79.9. The molecule has 4 aromatic carbocycles. The summed E-state index contributed by atoms with van der Waals surface area (Å²) in [6.45, 7) is 2.14. The molecule has 0 N–H and O–H groups in total. The van der Waals surface area contributed by atoms with Gasteiger partial charge in [-0.25, -0.2) is 4.79 Å². The molecule has 5 rings (SSSR count). The van der Waals surface area contributed by atoms with Gasteiger partial charge in [0.2, 0.25) is 0 Å². The summed E-state index contributed by atoms with van der Waals surface area (Å²) in [4.78, 5) is 12.4. The van der Waals surface area contributed by atoms with Crippen molar-refractivity contribution in [1.29, 1.82) is 0 Å². The van der Waals surface area contributed by atoms with Crippen LogP contribution in [-0.4, -0.2) is 12.6 Å². The van der Waals surface area contributed by atoms with Gasteiger partial charge in [0.05, 0.1) is 12.2 Å². The number of furan rings is 1. The van der Waals surface area contributed by atoms with Crippen LogP contribution in [0.25, 0.3) is 43.8 Å². The van der Waals surface area contributed by atoms with E-state index in [-0.39, 0.29) is 5.97 Å². The van der Waals surface area contributed by atoms with E-state index >= 15 is 0 Å². The van der Waals surface area contributed by atoms with Crippen molar-refractivity contribution in [2.45, 2.75) is 6.92 Å². The van der Waals surface area contributed by atoms with Crippen LogP contribution in [-0.2, 0) is 4.74 Å². The lowest BCUT2D eigenvalue weighted by molar-refractivity contribution is 0.0527. The standard InChI is InChI=1S/C25H17BrO3/c1-2-28-25(27)21-12-9-17(26)14-22(21)16-8-10-19-20-11-7-15-5-3-4-6-18(15)24(20)29-23(19)13-16/h3-14H,2H2,1H3. The van der Waals surface area contributed by atoms with E-state index in [9.17, 15) is 4.79 Å². The van der Waals surface area contributed by atoms with Gasteiger partial charge in [-0.3, -0.25) is 0 Å². The minimum Gasteiger partial charge on any atom is -0.462 e. The summed E-state index contributed by atoms with van der Waals surface area (Å²) in [7, 11) is 0. The summed E-state index contributed by atoms with van der Waals surface area (Å²) in [6, 6.07) is 24.1. The molecule has 1 heterocycles. The molecular formula is C25H17BrO3. The zero-order chi connectivity index (χ0) is 20.0. The zero-order valence-corrected chi connectivity index (χ0v) is 17.3. The number of carbonyl (C=O) groups is 1. The van der Waals surface area contributed by atoms with Crippen LogP contribution in [0.4, 0.5) is 0 Å². The first kappa shape index (κ1) is 18.0. The van der Waals surface area contributed by atoms with Crippen molar-refractivity contribution in [2.75, 3.05) is 6.61 Å². The van der Waals surface area contributed by atoms with E-state index in [0.29, 0.717) is 12.2 Å². The summed E-state index contributed by atoms with van der Waals surface area (Å²) in [5.41, 5.74) is 3.94. The molecule has 0 fully saturated rings. The Hall–Kier alpha value is -3.11. The molecule has 0 unspecified atom stereocenters. The molecule has 0 spiro atoms. The van der Waals surface area contributed by atoms with Gasteiger partial charge >= 0.3 is 5.97 Å². The number of hydrogen-bond donors (Lipinski definition) is 0. The SMILES string of the molecule is CCOC(=O)c1ccc(Br)cc1-c1ccc2c(c1)oc1c3ccccc3ccc21. The molecule has 0 radical (unpaired) electrons. The lowest BCUT2D eigenvalue weighted by Crippen LogP contribution is -2.06. The molecule has 0 aliphatic rings. The Labute approximate surface area is 176 Å². The highest BCUT2D eigenvalue weighted by Gasteiger charge is 2.16. The molecule has 0 aliphatic carbocycles. The van der Waals surface area contributed by atoms with Gasteiger partial charge in [-0.1, -0.05) is 52.3 Å². The fourth-order valence-corrected chi connectivity index (χ4v) is 4.18. The van der Waals surface area contributed by atoms with E-state index in [1.54, 1.807) is 13.0 Å². The molecule has 3 nitrogen and oxygen atoms in total. The van der Waals surface area contributed by atoms with Crippen LogP contribution >= 0.6 is 15.9 Å². The molecule has 4 heteroatoms. The van der Waals surface area contributed by atoms with Crippen LogP contribution in [0.15, 0.2) is 81.7 Å². The largest absolute Gasteiger partial charge is 0.462 e. The molecule has 5 aromatic rings. The van der Waals surface area contributed by atoms with Crippen molar-refractivity contribution in [3.8, 4) is 11.1 Å².